The molecule has 0 N–H and O–H groups in total. The SMILES string of the molecule is C.CCOP(=O)(Cc1ccccc1)OCC.FC(F)(F)Oc1cccc(C(=Cc2ccccc2)c2cccc(OC(F)(F)F)c2)c1.O=C(c1cccc(OC(F)(F)F)c1)c1cccc(OC(F)(F)F)c1. The second-order valence-electron chi connectivity index (χ2n) is 13.7. The lowest BCUT2D eigenvalue weighted by Crippen LogP contribution is -2.17. The first kappa shape index (κ1) is 57.6. The van der Waals surface area contributed by atoms with E-state index in [1.807, 2.05) is 44.2 Å². The van der Waals surface area contributed by atoms with Crippen LogP contribution in [-0.2, 0) is 19.8 Å². The molecule has 376 valence electrons. The van der Waals surface area contributed by atoms with Crippen LogP contribution < -0.4 is 18.9 Å². The van der Waals surface area contributed by atoms with Crippen molar-refractivity contribution < 1.29 is 90.0 Å². The van der Waals surface area contributed by atoms with Crippen molar-refractivity contribution in [3.8, 4) is 23.0 Å². The zero-order valence-corrected chi connectivity index (χ0v) is 36.9. The first-order chi connectivity index (χ1) is 32.3. The van der Waals surface area contributed by atoms with Gasteiger partial charge in [0.05, 0.1) is 19.4 Å². The van der Waals surface area contributed by atoms with Crippen molar-refractivity contribution in [1.82, 2.24) is 0 Å². The lowest BCUT2D eigenvalue weighted by Gasteiger charge is -2.16. The third-order valence-corrected chi connectivity index (χ3v) is 10.5. The Morgan fingerprint density at radius 2 is 0.771 bits per heavy atom. The number of benzene rings is 6. The molecule has 21 heteroatoms. The van der Waals surface area contributed by atoms with E-state index in [-0.39, 0.29) is 18.6 Å². The second-order valence-corrected chi connectivity index (χ2v) is 15.7. The molecule has 6 aromatic carbocycles. The molecule has 0 aliphatic carbocycles. The fraction of sp³-hybridized carbons (Fsp3) is 0.204. The normalized spacial score (nSPS) is 11.6. The Morgan fingerprint density at radius 3 is 1.10 bits per heavy atom. The highest BCUT2D eigenvalue weighted by molar-refractivity contribution is 7.53. The molecule has 0 amide bonds. The van der Waals surface area contributed by atoms with Gasteiger partial charge in [-0.25, -0.2) is 0 Å². The van der Waals surface area contributed by atoms with E-state index in [0.29, 0.717) is 41.6 Å². The predicted octanol–water partition coefficient (Wildman–Crippen LogP) is 15.9. The van der Waals surface area contributed by atoms with Gasteiger partial charge in [-0.1, -0.05) is 117 Å². The van der Waals surface area contributed by atoms with E-state index in [1.54, 1.807) is 36.4 Å². The number of hydrogen-bond donors (Lipinski definition) is 0. The van der Waals surface area contributed by atoms with Crippen molar-refractivity contribution in [2.75, 3.05) is 13.2 Å². The summed E-state index contributed by atoms with van der Waals surface area (Å²) < 4.78 is 187. The number of carbonyl (C=O) groups excluding carboxylic acids is 1. The highest BCUT2D eigenvalue weighted by atomic mass is 31.2. The average molecular weight is 1020 g/mol. The van der Waals surface area contributed by atoms with Gasteiger partial charge < -0.3 is 28.0 Å². The van der Waals surface area contributed by atoms with Crippen LogP contribution in [0.2, 0.25) is 0 Å². The van der Waals surface area contributed by atoms with Crippen LogP contribution in [0.3, 0.4) is 0 Å². The third kappa shape index (κ3) is 21.3. The van der Waals surface area contributed by atoms with E-state index in [4.69, 9.17) is 9.05 Å². The summed E-state index contributed by atoms with van der Waals surface area (Å²) in [6, 6.07) is 37.2. The fourth-order valence-corrected chi connectivity index (χ4v) is 7.64. The van der Waals surface area contributed by atoms with Gasteiger partial charge in [-0.3, -0.25) is 9.36 Å². The molecule has 0 radical (unpaired) electrons. The van der Waals surface area contributed by atoms with E-state index in [9.17, 15) is 62.0 Å². The molecule has 0 aliphatic rings. The number of ketones is 1. The van der Waals surface area contributed by atoms with Crippen LogP contribution in [0, 0.1) is 0 Å². The Hall–Kier alpha value is -6.76. The summed E-state index contributed by atoms with van der Waals surface area (Å²) in [5.41, 5.74) is 2.36. The number of ether oxygens (including phenoxy) is 4. The summed E-state index contributed by atoms with van der Waals surface area (Å²) in [5, 5.41) is 0. The smallest absolute Gasteiger partial charge is 0.406 e. The van der Waals surface area contributed by atoms with Crippen LogP contribution in [-0.4, -0.2) is 44.4 Å². The molecule has 0 spiro atoms. The molecule has 0 aliphatic heterocycles. The minimum absolute atomic E-state index is 0. The van der Waals surface area contributed by atoms with Gasteiger partial charge in [0, 0.05) is 11.1 Å². The first-order valence-electron chi connectivity index (χ1n) is 20.0. The molecule has 0 saturated carbocycles. The second kappa shape index (κ2) is 25.7. The van der Waals surface area contributed by atoms with E-state index in [1.165, 1.54) is 48.5 Å². The standard InChI is InChI=1S/C22H14F6O2.C15H8F6O3.C11H17O3P.CH4/c23-21(24,25)29-18-10-4-8-16(13-18)20(12-15-6-2-1-3-7-15)17-9-5-11-19(14-17)30-22(26,27)28;16-14(17,18)23-11-5-1-3-9(7-11)13(22)10-4-2-6-12(8-10)24-15(19,20)21;1-3-13-15(12,14-4-2)10-11-8-6-5-7-9-11;/h1-14H;1-8H;5-9H,3-4,10H2,1-2H3;1H4. The van der Waals surface area contributed by atoms with Gasteiger partial charge in [0.2, 0.25) is 0 Å². The maximum absolute atomic E-state index is 12.6. The van der Waals surface area contributed by atoms with Crippen LogP contribution in [0.1, 0.15) is 59.4 Å². The quantitative estimate of drug-likeness (QED) is 0.0435. The van der Waals surface area contributed by atoms with Gasteiger partial charge in [-0.15, -0.1) is 52.7 Å². The van der Waals surface area contributed by atoms with Crippen LogP contribution in [0.15, 0.2) is 158 Å². The van der Waals surface area contributed by atoms with E-state index in [0.717, 1.165) is 54.1 Å². The maximum atomic E-state index is 12.6. The summed E-state index contributed by atoms with van der Waals surface area (Å²) in [7, 11) is -2.94. The minimum Gasteiger partial charge on any atom is -0.406 e. The minimum atomic E-state index is -4.93. The van der Waals surface area contributed by atoms with Crippen molar-refractivity contribution in [3.05, 3.63) is 191 Å². The Bertz CT molecular complexity index is 2500. The van der Waals surface area contributed by atoms with Crippen LogP contribution >= 0.6 is 7.60 Å². The number of alkyl halides is 12. The van der Waals surface area contributed by atoms with Crippen LogP contribution in [0.4, 0.5) is 52.7 Å². The van der Waals surface area contributed by atoms with Crippen molar-refractivity contribution in [2.24, 2.45) is 0 Å². The van der Waals surface area contributed by atoms with Crippen LogP contribution in [0.25, 0.3) is 11.6 Å². The molecule has 0 bridgehead atoms. The van der Waals surface area contributed by atoms with Crippen molar-refractivity contribution in [1.29, 1.82) is 0 Å². The molecule has 6 rings (SSSR count). The maximum Gasteiger partial charge on any atom is 0.573 e. The van der Waals surface area contributed by atoms with Crippen molar-refractivity contribution in [3.63, 3.8) is 0 Å². The molecule has 0 aromatic heterocycles. The number of halogens is 12. The van der Waals surface area contributed by atoms with E-state index >= 15 is 0 Å². The van der Waals surface area contributed by atoms with Gasteiger partial charge in [0.1, 0.15) is 23.0 Å². The number of hydrogen-bond acceptors (Lipinski definition) is 8. The van der Waals surface area contributed by atoms with Gasteiger partial charge in [-0.05, 0) is 96.3 Å². The Kier molecular flexibility index (Phi) is 21.2. The molecule has 0 saturated heterocycles. The van der Waals surface area contributed by atoms with Gasteiger partial charge in [0.15, 0.2) is 5.78 Å². The highest BCUT2D eigenvalue weighted by Gasteiger charge is 2.34. The summed E-state index contributed by atoms with van der Waals surface area (Å²) in [6.07, 6.45) is -17.6. The zero-order valence-electron chi connectivity index (χ0n) is 36.0. The third-order valence-electron chi connectivity index (χ3n) is 8.40. The van der Waals surface area contributed by atoms with Crippen molar-refractivity contribution >= 4 is 25.0 Å². The van der Waals surface area contributed by atoms with E-state index < -0.39 is 61.8 Å². The van der Waals surface area contributed by atoms with Gasteiger partial charge >= 0.3 is 33.0 Å². The van der Waals surface area contributed by atoms with Crippen molar-refractivity contribution in [2.45, 2.75) is 52.9 Å². The molecule has 70 heavy (non-hydrogen) atoms. The molecular formula is C49H43F12O8P. The molecule has 0 unspecified atom stereocenters. The monoisotopic (exact) mass is 1020 g/mol. The van der Waals surface area contributed by atoms with Crippen LogP contribution in [0.5, 0.6) is 23.0 Å². The fourth-order valence-electron chi connectivity index (χ4n) is 5.94. The first-order valence-corrected chi connectivity index (χ1v) is 21.7. The summed E-state index contributed by atoms with van der Waals surface area (Å²) in [6.45, 7) is 4.45. The molecule has 6 aromatic rings. The highest BCUT2D eigenvalue weighted by Crippen LogP contribution is 2.51. The topological polar surface area (TPSA) is 89.5 Å². The Morgan fingerprint density at radius 1 is 0.457 bits per heavy atom. The van der Waals surface area contributed by atoms with Gasteiger partial charge in [-0.2, -0.15) is 0 Å². The average Bonchev–Trinajstić information content (AvgIpc) is 3.25. The molecule has 0 fully saturated rings. The lowest BCUT2D eigenvalue weighted by molar-refractivity contribution is -0.275. The van der Waals surface area contributed by atoms with E-state index in [2.05, 4.69) is 18.9 Å². The zero-order chi connectivity index (χ0) is 50.9. The predicted molar refractivity (Wildman–Crippen MR) is 237 cm³/mol. The Balaban J connectivity index is 0.000000291. The number of rotatable bonds is 15. The molecule has 8 nitrogen and oxygen atoms in total. The summed E-state index contributed by atoms with van der Waals surface area (Å²) >= 11 is 0. The molecular weight excluding hydrogens is 975 g/mol. The molecule has 0 atom stereocenters. The Labute approximate surface area is 394 Å². The van der Waals surface area contributed by atoms with Gasteiger partial charge in [0.25, 0.3) is 0 Å². The summed E-state index contributed by atoms with van der Waals surface area (Å²) in [4.78, 5) is 12.2. The lowest BCUT2D eigenvalue weighted by atomic mass is 9.95. The number of carbonyl (C=O) groups is 1. The molecule has 0 heterocycles. The largest absolute Gasteiger partial charge is 0.573 e. The summed E-state index contributed by atoms with van der Waals surface area (Å²) in [5.74, 6) is -2.90.